The summed E-state index contributed by atoms with van der Waals surface area (Å²) in [6.07, 6.45) is 10.5. The Balaban J connectivity index is 1.47. The molecule has 1 saturated heterocycles. The smallest absolute Gasteiger partial charge is 0.215 e. The second-order valence-corrected chi connectivity index (χ2v) is 10.9. The van der Waals surface area contributed by atoms with Gasteiger partial charge >= 0.3 is 0 Å². The van der Waals surface area contributed by atoms with E-state index >= 15 is 0 Å². The van der Waals surface area contributed by atoms with Gasteiger partial charge in [0.05, 0.1) is 36.1 Å². The van der Waals surface area contributed by atoms with Crippen LogP contribution in [0.1, 0.15) is 53.9 Å². The van der Waals surface area contributed by atoms with E-state index in [1.54, 1.807) is 17.7 Å². The Bertz CT molecular complexity index is 1170. The van der Waals surface area contributed by atoms with Crippen molar-refractivity contribution in [3.05, 3.63) is 46.7 Å². The number of methoxy groups -OCH3 is 1. The fourth-order valence-corrected chi connectivity index (χ4v) is 6.07. The van der Waals surface area contributed by atoms with Crippen molar-refractivity contribution >= 4 is 21.8 Å². The molecule has 3 aliphatic rings. The zero-order chi connectivity index (χ0) is 22.5. The van der Waals surface area contributed by atoms with E-state index in [1.807, 2.05) is 6.07 Å². The summed E-state index contributed by atoms with van der Waals surface area (Å²) in [5.74, 6) is 0.885. The number of rotatable bonds is 4. The first kappa shape index (κ1) is 21.3. The summed E-state index contributed by atoms with van der Waals surface area (Å²) in [5.41, 5.74) is 6.73. The van der Waals surface area contributed by atoms with E-state index in [1.165, 1.54) is 17.4 Å². The lowest BCUT2D eigenvalue weighted by Crippen LogP contribution is -2.41. The minimum atomic E-state index is -3.15. The van der Waals surface area contributed by atoms with Gasteiger partial charge in [0, 0.05) is 61.6 Å². The third kappa shape index (κ3) is 3.77. The van der Waals surface area contributed by atoms with E-state index in [0.717, 1.165) is 55.0 Å². The van der Waals surface area contributed by atoms with Crippen molar-refractivity contribution in [2.45, 2.75) is 51.1 Å². The first-order valence-corrected chi connectivity index (χ1v) is 13.0. The summed E-state index contributed by atoms with van der Waals surface area (Å²) in [7, 11) is -1.49. The van der Waals surface area contributed by atoms with Gasteiger partial charge in [-0.2, -0.15) is 0 Å². The zero-order valence-electron chi connectivity index (χ0n) is 18.8. The number of nitrogens with zero attached hydrogens (tertiary/aromatic N) is 5. The van der Waals surface area contributed by atoms with Crippen molar-refractivity contribution in [1.82, 2.24) is 19.3 Å². The van der Waals surface area contributed by atoms with E-state index in [-0.39, 0.29) is 12.0 Å². The number of anilines is 1. The van der Waals surface area contributed by atoms with E-state index in [0.29, 0.717) is 19.0 Å². The molecule has 1 fully saturated rings. The molecule has 0 N–H and O–H groups in total. The van der Waals surface area contributed by atoms with Crippen molar-refractivity contribution in [3.8, 4) is 5.88 Å². The molecule has 0 unspecified atom stereocenters. The average Bonchev–Trinajstić information content (AvgIpc) is 3.26. The van der Waals surface area contributed by atoms with Crippen LogP contribution >= 0.6 is 0 Å². The van der Waals surface area contributed by atoms with Gasteiger partial charge in [-0.3, -0.25) is 0 Å². The number of hydrogen-bond donors (Lipinski definition) is 0. The molecule has 0 bridgehead atoms. The molecule has 2 aromatic rings. The SMILES string of the molecule is COc1cc(N2Cc3c(ncnc3C3CCN(S(C)(=O)=O)CC3)C[C@H]2C)c2c(n1)CC=C2. The highest BCUT2D eigenvalue weighted by atomic mass is 32.2. The molecular weight excluding hydrogens is 426 g/mol. The molecule has 2 aliphatic heterocycles. The number of fused-ring (bicyclic) bond motifs is 2. The van der Waals surface area contributed by atoms with Crippen LogP contribution < -0.4 is 9.64 Å². The Morgan fingerprint density at radius 2 is 1.94 bits per heavy atom. The summed E-state index contributed by atoms with van der Waals surface area (Å²) in [4.78, 5) is 16.4. The molecular formula is C23H29N5O3S. The number of piperidine rings is 1. The highest BCUT2D eigenvalue weighted by Crippen LogP contribution is 2.39. The first-order valence-electron chi connectivity index (χ1n) is 11.1. The highest BCUT2D eigenvalue weighted by Gasteiger charge is 2.33. The quantitative estimate of drug-likeness (QED) is 0.700. The van der Waals surface area contributed by atoms with Crippen LogP contribution in [0.25, 0.3) is 6.08 Å². The third-order valence-corrected chi connectivity index (χ3v) is 8.24. The van der Waals surface area contributed by atoms with E-state index in [4.69, 9.17) is 9.72 Å². The minimum Gasteiger partial charge on any atom is -0.481 e. The molecule has 2 aromatic heterocycles. The van der Waals surface area contributed by atoms with Crippen molar-refractivity contribution in [2.75, 3.05) is 31.4 Å². The Morgan fingerprint density at radius 1 is 1.16 bits per heavy atom. The monoisotopic (exact) mass is 455 g/mol. The highest BCUT2D eigenvalue weighted by molar-refractivity contribution is 7.88. The number of hydrogen-bond acceptors (Lipinski definition) is 7. The molecule has 9 heteroatoms. The lowest BCUT2D eigenvalue weighted by atomic mass is 9.87. The number of ether oxygens (including phenoxy) is 1. The van der Waals surface area contributed by atoms with Crippen molar-refractivity contribution < 1.29 is 13.2 Å². The van der Waals surface area contributed by atoms with Crippen LogP contribution in [0.2, 0.25) is 0 Å². The van der Waals surface area contributed by atoms with Gasteiger partial charge in [0.15, 0.2) is 0 Å². The lowest BCUT2D eigenvalue weighted by molar-refractivity contribution is 0.317. The van der Waals surface area contributed by atoms with Crippen LogP contribution in [0.5, 0.6) is 5.88 Å². The van der Waals surface area contributed by atoms with Crippen LogP contribution in [0, 0.1) is 0 Å². The first-order chi connectivity index (χ1) is 15.3. The Kier molecular flexibility index (Phi) is 5.41. The van der Waals surface area contributed by atoms with Crippen LogP contribution in [-0.2, 0) is 29.4 Å². The van der Waals surface area contributed by atoms with Gasteiger partial charge in [-0.25, -0.2) is 27.7 Å². The van der Waals surface area contributed by atoms with Crippen LogP contribution in [-0.4, -0.2) is 60.2 Å². The van der Waals surface area contributed by atoms with Crippen LogP contribution in [0.15, 0.2) is 18.5 Å². The Hall–Kier alpha value is -2.52. The maximum absolute atomic E-state index is 11.9. The summed E-state index contributed by atoms with van der Waals surface area (Å²) >= 11 is 0. The molecule has 0 saturated carbocycles. The molecule has 8 nitrogen and oxygen atoms in total. The standard InChI is InChI=1S/C23H29N5O3S/c1-15-11-20-18(13-28(15)21-12-22(31-2)26-19-6-4-5-17(19)21)23(25-14-24-20)16-7-9-27(10-8-16)32(3,29)30/h4-5,12,14-16H,6-11,13H2,1-3H3/t15-/m1/s1. The van der Waals surface area contributed by atoms with E-state index in [2.05, 4.69) is 33.9 Å². The van der Waals surface area contributed by atoms with Gasteiger partial charge in [0.25, 0.3) is 0 Å². The third-order valence-electron chi connectivity index (χ3n) is 6.93. The largest absolute Gasteiger partial charge is 0.481 e. The Labute approximate surface area is 189 Å². The van der Waals surface area contributed by atoms with Crippen molar-refractivity contribution in [2.24, 2.45) is 0 Å². The van der Waals surface area contributed by atoms with Crippen molar-refractivity contribution in [1.29, 1.82) is 0 Å². The van der Waals surface area contributed by atoms with Crippen LogP contribution in [0.3, 0.4) is 0 Å². The molecule has 0 aromatic carbocycles. The van der Waals surface area contributed by atoms with Crippen LogP contribution in [0.4, 0.5) is 5.69 Å². The average molecular weight is 456 g/mol. The Morgan fingerprint density at radius 3 is 2.66 bits per heavy atom. The normalized spacial score (nSPS) is 21.5. The predicted molar refractivity (Wildman–Crippen MR) is 123 cm³/mol. The number of sulfonamides is 1. The summed E-state index contributed by atoms with van der Waals surface area (Å²) in [6.45, 7) is 4.05. The fraction of sp³-hybridized carbons (Fsp3) is 0.522. The maximum Gasteiger partial charge on any atom is 0.215 e. The lowest BCUT2D eigenvalue weighted by Gasteiger charge is -2.39. The second-order valence-electron chi connectivity index (χ2n) is 8.95. The molecule has 0 amide bonds. The molecule has 5 rings (SSSR count). The molecule has 32 heavy (non-hydrogen) atoms. The van der Waals surface area contributed by atoms with E-state index < -0.39 is 10.0 Å². The number of allylic oxidation sites excluding steroid dienone is 1. The number of aromatic nitrogens is 3. The van der Waals surface area contributed by atoms with Gasteiger partial charge in [-0.1, -0.05) is 12.2 Å². The molecule has 1 aliphatic carbocycles. The van der Waals surface area contributed by atoms with Gasteiger partial charge in [-0.05, 0) is 19.8 Å². The van der Waals surface area contributed by atoms with Gasteiger partial charge in [0.2, 0.25) is 15.9 Å². The molecule has 1 atom stereocenters. The second kappa shape index (κ2) is 8.12. The van der Waals surface area contributed by atoms with Gasteiger partial charge < -0.3 is 9.64 Å². The van der Waals surface area contributed by atoms with E-state index in [9.17, 15) is 8.42 Å². The maximum atomic E-state index is 11.9. The predicted octanol–water partition coefficient (Wildman–Crippen LogP) is 2.54. The fourth-order valence-electron chi connectivity index (χ4n) is 5.20. The van der Waals surface area contributed by atoms with Crippen molar-refractivity contribution in [3.63, 3.8) is 0 Å². The van der Waals surface area contributed by atoms with Gasteiger partial charge in [0.1, 0.15) is 6.33 Å². The summed E-state index contributed by atoms with van der Waals surface area (Å²) < 4.78 is 30.9. The van der Waals surface area contributed by atoms with Gasteiger partial charge in [-0.15, -0.1) is 0 Å². The summed E-state index contributed by atoms with van der Waals surface area (Å²) in [5, 5.41) is 0. The molecule has 170 valence electrons. The zero-order valence-corrected chi connectivity index (χ0v) is 19.6. The summed E-state index contributed by atoms with van der Waals surface area (Å²) in [6, 6.07) is 2.31. The molecule has 0 radical (unpaired) electrons. The molecule has 4 heterocycles. The minimum absolute atomic E-state index is 0.248. The number of pyridine rings is 1. The molecule has 0 spiro atoms. The topological polar surface area (TPSA) is 88.5 Å².